The van der Waals surface area contributed by atoms with Gasteiger partial charge in [-0.3, -0.25) is 0 Å². The topological polar surface area (TPSA) is 58.0 Å². The third-order valence-corrected chi connectivity index (χ3v) is 3.41. The van der Waals surface area contributed by atoms with Crippen LogP contribution in [0.15, 0.2) is 12.5 Å². The van der Waals surface area contributed by atoms with Crippen molar-refractivity contribution in [3.8, 4) is 0 Å². The SMILES string of the molecule is CCC(CC)(CO)CNc1ncncc1Cl. The summed E-state index contributed by atoms with van der Waals surface area (Å²) in [5.74, 6) is 0.622. The van der Waals surface area contributed by atoms with Crippen molar-refractivity contribution in [1.82, 2.24) is 9.97 Å². The maximum absolute atomic E-state index is 9.42. The molecule has 4 nitrogen and oxygen atoms in total. The molecule has 1 heterocycles. The van der Waals surface area contributed by atoms with Gasteiger partial charge in [0.05, 0.1) is 12.8 Å². The number of aliphatic hydroxyl groups excluding tert-OH is 1. The summed E-state index contributed by atoms with van der Waals surface area (Å²) >= 11 is 5.93. The summed E-state index contributed by atoms with van der Waals surface area (Å²) in [5, 5.41) is 13.1. The van der Waals surface area contributed by atoms with Crippen LogP contribution >= 0.6 is 11.6 Å². The molecule has 0 aliphatic heterocycles. The molecule has 16 heavy (non-hydrogen) atoms. The first-order valence-corrected chi connectivity index (χ1v) is 5.85. The first-order chi connectivity index (χ1) is 7.67. The zero-order valence-electron chi connectivity index (χ0n) is 9.70. The molecule has 0 unspecified atom stereocenters. The lowest BCUT2D eigenvalue weighted by Gasteiger charge is -2.29. The highest BCUT2D eigenvalue weighted by atomic mass is 35.5. The minimum absolute atomic E-state index is 0.103. The fraction of sp³-hybridized carbons (Fsp3) is 0.636. The van der Waals surface area contributed by atoms with Gasteiger partial charge in [-0.2, -0.15) is 0 Å². The Bertz CT molecular complexity index is 320. The minimum atomic E-state index is -0.103. The van der Waals surface area contributed by atoms with Crippen LogP contribution in [0.5, 0.6) is 0 Å². The van der Waals surface area contributed by atoms with Crippen molar-refractivity contribution >= 4 is 17.4 Å². The lowest BCUT2D eigenvalue weighted by molar-refractivity contribution is 0.127. The molecule has 2 N–H and O–H groups in total. The van der Waals surface area contributed by atoms with Gasteiger partial charge in [0.25, 0.3) is 0 Å². The molecule has 1 rings (SSSR count). The number of hydrogen-bond acceptors (Lipinski definition) is 4. The van der Waals surface area contributed by atoms with Crippen LogP contribution in [0.3, 0.4) is 0 Å². The Labute approximate surface area is 101 Å². The Hall–Kier alpha value is -0.870. The van der Waals surface area contributed by atoms with Crippen LogP contribution in [0.25, 0.3) is 0 Å². The Balaban J connectivity index is 2.66. The molecule has 0 radical (unpaired) electrons. The highest BCUT2D eigenvalue weighted by Gasteiger charge is 2.25. The number of rotatable bonds is 6. The first kappa shape index (κ1) is 13.2. The summed E-state index contributed by atoms with van der Waals surface area (Å²) in [6, 6.07) is 0. The smallest absolute Gasteiger partial charge is 0.148 e. The first-order valence-electron chi connectivity index (χ1n) is 5.47. The number of hydrogen-bond donors (Lipinski definition) is 2. The molecule has 0 spiro atoms. The molecular weight excluding hydrogens is 226 g/mol. The monoisotopic (exact) mass is 243 g/mol. The summed E-state index contributed by atoms with van der Waals surface area (Å²) in [5.41, 5.74) is -0.103. The molecule has 0 saturated carbocycles. The number of nitrogens with zero attached hydrogens (tertiary/aromatic N) is 2. The molecule has 0 aliphatic rings. The van der Waals surface area contributed by atoms with Crippen molar-refractivity contribution in [3.05, 3.63) is 17.5 Å². The molecular formula is C11H18ClN3O. The molecule has 0 atom stereocenters. The highest BCUT2D eigenvalue weighted by molar-refractivity contribution is 6.32. The molecule has 0 aromatic carbocycles. The lowest BCUT2D eigenvalue weighted by atomic mass is 9.83. The minimum Gasteiger partial charge on any atom is -0.396 e. The van der Waals surface area contributed by atoms with Crippen molar-refractivity contribution in [1.29, 1.82) is 0 Å². The molecule has 0 bridgehead atoms. The lowest BCUT2D eigenvalue weighted by Crippen LogP contribution is -2.32. The Morgan fingerprint density at radius 3 is 2.62 bits per heavy atom. The maximum atomic E-state index is 9.42. The van der Waals surface area contributed by atoms with E-state index in [-0.39, 0.29) is 12.0 Å². The zero-order valence-corrected chi connectivity index (χ0v) is 10.5. The van der Waals surface area contributed by atoms with Crippen LogP contribution in [0, 0.1) is 5.41 Å². The van der Waals surface area contributed by atoms with Crippen molar-refractivity contribution in [2.75, 3.05) is 18.5 Å². The van der Waals surface area contributed by atoms with Gasteiger partial charge in [-0.1, -0.05) is 25.4 Å². The van der Waals surface area contributed by atoms with Gasteiger partial charge in [0.15, 0.2) is 0 Å². The van der Waals surface area contributed by atoms with Crippen molar-refractivity contribution in [2.45, 2.75) is 26.7 Å². The van der Waals surface area contributed by atoms with E-state index in [9.17, 15) is 5.11 Å². The Morgan fingerprint density at radius 1 is 1.44 bits per heavy atom. The van der Waals surface area contributed by atoms with Gasteiger partial charge in [0.1, 0.15) is 17.2 Å². The van der Waals surface area contributed by atoms with Crippen molar-refractivity contribution in [2.24, 2.45) is 5.41 Å². The quantitative estimate of drug-likeness (QED) is 0.805. The van der Waals surface area contributed by atoms with E-state index >= 15 is 0 Å². The largest absolute Gasteiger partial charge is 0.396 e. The molecule has 0 fully saturated rings. The van der Waals surface area contributed by atoms with E-state index in [4.69, 9.17) is 11.6 Å². The van der Waals surface area contributed by atoms with Gasteiger partial charge in [-0.15, -0.1) is 0 Å². The number of anilines is 1. The predicted molar refractivity (Wildman–Crippen MR) is 65.6 cm³/mol. The van der Waals surface area contributed by atoms with Crippen LogP contribution in [0.1, 0.15) is 26.7 Å². The summed E-state index contributed by atoms with van der Waals surface area (Å²) in [6.45, 7) is 4.97. The van der Waals surface area contributed by atoms with E-state index in [1.807, 2.05) is 0 Å². The van der Waals surface area contributed by atoms with Gasteiger partial charge in [0.2, 0.25) is 0 Å². The van der Waals surface area contributed by atoms with E-state index in [1.54, 1.807) is 6.20 Å². The fourth-order valence-corrected chi connectivity index (χ4v) is 1.67. The molecule has 90 valence electrons. The molecule has 0 saturated heterocycles. The van der Waals surface area contributed by atoms with Crippen molar-refractivity contribution in [3.63, 3.8) is 0 Å². The summed E-state index contributed by atoms with van der Waals surface area (Å²) in [4.78, 5) is 7.87. The highest BCUT2D eigenvalue weighted by Crippen LogP contribution is 2.27. The number of nitrogens with one attached hydrogen (secondary N) is 1. The molecule has 1 aromatic heterocycles. The van der Waals surface area contributed by atoms with Gasteiger partial charge < -0.3 is 10.4 Å². The van der Waals surface area contributed by atoms with Gasteiger partial charge in [-0.25, -0.2) is 9.97 Å². The number of aromatic nitrogens is 2. The van der Waals surface area contributed by atoms with E-state index in [0.29, 0.717) is 17.4 Å². The molecule has 0 aliphatic carbocycles. The Morgan fingerprint density at radius 2 is 2.12 bits per heavy atom. The van der Waals surface area contributed by atoms with Crippen molar-refractivity contribution < 1.29 is 5.11 Å². The summed E-state index contributed by atoms with van der Waals surface area (Å²) < 4.78 is 0. The standard InChI is InChI=1S/C11H18ClN3O/c1-3-11(4-2,7-16)6-14-10-9(12)5-13-8-15-10/h5,8,16H,3-4,6-7H2,1-2H3,(H,13,14,15). The average molecular weight is 244 g/mol. The normalized spacial score (nSPS) is 11.5. The van der Waals surface area contributed by atoms with E-state index in [1.165, 1.54) is 6.33 Å². The van der Waals surface area contributed by atoms with E-state index < -0.39 is 0 Å². The molecule has 5 heteroatoms. The third kappa shape index (κ3) is 3.06. The summed E-state index contributed by atoms with van der Waals surface area (Å²) in [6.07, 6.45) is 4.83. The van der Waals surface area contributed by atoms with Gasteiger partial charge in [-0.05, 0) is 12.8 Å². The fourth-order valence-electron chi connectivity index (χ4n) is 1.49. The van der Waals surface area contributed by atoms with E-state index in [0.717, 1.165) is 12.8 Å². The second kappa shape index (κ2) is 6.01. The number of halogens is 1. The second-order valence-corrected chi connectivity index (χ2v) is 4.35. The van der Waals surface area contributed by atoms with Gasteiger partial charge >= 0.3 is 0 Å². The average Bonchev–Trinajstić information content (AvgIpc) is 2.34. The predicted octanol–water partition coefficient (Wildman–Crippen LogP) is 2.34. The molecule has 1 aromatic rings. The zero-order chi connectivity index (χ0) is 12.0. The van der Waals surface area contributed by atoms with Crippen LogP contribution < -0.4 is 5.32 Å². The van der Waals surface area contributed by atoms with Crippen LogP contribution in [-0.2, 0) is 0 Å². The van der Waals surface area contributed by atoms with Crippen LogP contribution in [-0.4, -0.2) is 28.2 Å². The van der Waals surface area contributed by atoms with Crippen LogP contribution in [0.2, 0.25) is 5.02 Å². The molecule has 0 amide bonds. The number of aliphatic hydroxyl groups is 1. The van der Waals surface area contributed by atoms with E-state index in [2.05, 4.69) is 29.1 Å². The van der Waals surface area contributed by atoms with Gasteiger partial charge in [0, 0.05) is 12.0 Å². The Kier molecular flexibility index (Phi) is 4.96. The maximum Gasteiger partial charge on any atom is 0.148 e. The van der Waals surface area contributed by atoms with Crippen LogP contribution in [0.4, 0.5) is 5.82 Å². The third-order valence-electron chi connectivity index (χ3n) is 3.13. The summed E-state index contributed by atoms with van der Waals surface area (Å²) in [7, 11) is 0. The second-order valence-electron chi connectivity index (χ2n) is 3.94.